The molecular weight excluding hydrogens is 247 g/mol. The van der Waals surface area contributed by atoms with Crippen molar-refractivity contribution in [2.45, 2.75) is 18.6 Å². The summed E-state index contributed by atoms with van der Waals surface area (Å²) in [6.45, 7) is 1.42. The molecule has 0 fully saturated rings. The largest absolute Gasteiger partial charge is 0.502 e. The number of halogens is 2. The first-order chi connectivity index (χ1) is 5.84. The molecule has 0 amide bonds. The van der Waals surface area contributed by atoms with Crippen molar-refractivity contribution >= 4 is 37.7 Å². The monoisotopic (exact) mass is 262 g/mol. The Kier molecular flexibility index (Phi) is 5.46. The van der Waals surface area contributed by atoms with Crippen molar-refractivity contribution in [1.82, 2.24) is 0 Å². The van der Waals surface area contributed by atoms with Crippen molar-refractivity contribution in [2.75, 3.05) is 21.3 Å². The zero-order valence-electron chi connectivity index (χ0n) is 8.56. The molecule has 0 aliphatic rings. The molecule has 7 heteroatoms. The van der Waals surface area contributed by atoms with Gasteiger partial charge in [0.15, 0.2) is 0 Å². The lowest BCUT2D eigenvalue weighted by atomic mass is 10.9. The molecule has 0 aromatic rings. The normalized spacial score (nSPS) is 15.9. The quantitative estimate of drug-likeness (QED) is 0.563. The van der Waals surface area contributed by atoms with Crippen LogP contribution in [0.4, 0.5) is 0 Å². The molecule has 0 bridgehead atoms. The van der Waals surface area contributed by atoms with Gasteiger partial charge in [0, 0.05) is 26.5 Å². The Labute approximate surface area is 91.1 Å². The molecule has 13 heavy (non-hydrogen) atoms. The van der Waals surface area contributed by atoms with Crippen LogP contribution < -0.4 is 0 Å². The summed E-state index contributed by atoms with van der Waals surface area (Å²) in [4.78, 5) is 0. The molecular formula is C6H16Cl2O3Si2. The second-order valence-corrected chi connectivity index (χ2v) is 14.8. The van der Waals surface area contributed by atoms with E-state index in [1.165, 1.54) is 0 Å². The van der Waals surface area contributed by atoms with E-state index < -0.39 is 15.5 Å². The van der Waals surface area contributed by atoms with E-state index in [9.17, 15) is 0 Å². The van der Waals surface area contributed by atoms with Gasteiger partial charge in [-0.25, -0.2) is 0 Å². The maximum absolute atomic E-state index is 6.10. The molecule has 0 radical (unpaired) electrons. The van der Waals surface area contributed by atoms with Gasteiger partial charge in [0.05, 0.1) is 0 Å². The third-order valence-corrected chi connectivity index (χ3v) is 12.3. The summed E-state index contributed by atoms with van der Waals surface area (Å²) >= 11 is 12.2. The molecule has 0 aromatic heterocycles. The van der Waals surface area contributed by atoms with Gasteiger partial charge in [0.25, 0.3) is 6.69 Å². The summed E-state index contributed by atoms with van der Waals surface area (Å²) in [5.74, 6) is 0. The molecule has 0 rings (SSSR count). The predicted molar refractivity (Wildman–Crippen MR) is 59.5 cm³/mol. The van der Waals surface area contributed by atoms with E-state index in [2.05, 4.69) is 0 Å². The molecule has 80 valence electrons. The van der Waals surface area contributed by atoms with Crippen LogP contribution in [0.2, 0.25) is 11.7 Å². The van der Waals surface area contributed by atoms with Crippen LogP contribution in [0.25, 0.3) is 0 Å². The first-order valence-electron chi connectivity index (χ1n) is 3.87. The van der Waals surface area contributed by atoms with Gasteiger partial charge < -0.3 is 13.3 Å². The van der Waals surface area contributed by atoms with E-state index in [-0.39, 0.29) is 5.16 Å². The van der Waals surface area contributed by atoms with E-state index >= 15 is 0 Å². The standard InChI is InChI=1S/C6H16Cl2O3Si2/c1-6(12(5,7)8)13(9-2,10-3)11-4/h6H,1-5H3. The van der Waals surface area contributed by atoms with Crippen LogP contribution in [-0.4, -0.2) is 36.8 Å². The first kappa shape index (κ1) is 13.9. The Balaban J connectivity index is 4.73. The SMILES string of the molecule is CO[Si](OC)(OC)C(C)[Si](C)(Cl)Cl. The average molecular weight is 263 g/mol. The van der Waals surface area contributed by atoms with E-state index in [4.69, 9.17) is 35.4 Å². The minimum Gasteiger partial charge on any atom is -0.377 e. The number of rotatable bonds is 5. The lowest BCUT2D eigenvalue weighted by Gasteiger charge is -2.33. The highest BCUT2D eigenvalue weighted by Gasteiger charge is 2.53. The molecule has 0 spiro atoms. The van der Waals surface area contributed by atoms with Gasteiger partial charge in [-0.3, -0.25) is 0 Å². The van der Waals surface area contributed by atoms with Crippen molar-refractivity contribution in [2.24, 2.45) is 0 Å². The fraction of sp³-hybridized carbons (Fsp3) is 1.00. The number of hydrogen-bond donors (Lipinski definition) is 0. The highest BCUT2D eigenvalue weighted by molar-refractivity contribution is 7.47. The van der Waals surface area contributed by atoms with Crippen LogP contribution in [-0.2, 0) is 13.3 Å². The highest BCUT2D eigenvalue weighted by atomic mass is 35.7. The lowest BCUT2D eigenvalue weighted by molar-refractivity contribution is 0.121. The van der Waals surface area contributed by atoms with Gasteiger partial charge in [0.1, 0.15) is 0 Å². The van der Waals surface area contributed by atoms with Gasteiger partial charge in [-0.05, 0) is 6.55 Å². The smallest absolute Gasteiger partial charge is 0.377 e. The zero-order chi connectivity index (χ0) is 10.7. The van der Waals surface area contributed by atoms with Crippen molar-refractivity contribution in [3.05, 3.63) is 0 Å². The molecule has 3 nitrogen and oxygen atoms in total. The molecule has 0 aromatic carbocycles. The first-order valence-corrected chi connectivity index (χ1v) is 10.3. The molecule has 0 saturated heterocycles. The van der Waals surface area contributed by atoms with Crippen LogP contribution in [0.15, 0.2) is 0 Å². The van der Waals surface area contributed by atoms with Gasteiger partial charge in [-0.2, -0.15) is 0 Å². The molecule has 0 saturated carbocycles. The molecule has 1 atom stereocenters. The Morgan fingerprint density at radius 2 is 1.31 bits per heavy atom. The van der Waals surface area contributed by atoms with Crippen LogP contribution >= 0.6 is 22.2 Å². The molecule has 0 heterocycles. The van der Waals surface area contributed by atoms with Gasteiger partial charge in [0.2, 0.25) is 0 Å². The zero-order valence-corrected chi connectivity index (χ0v) is 12.1. The van der Waals surface area contributed by atoms with Gasteiger partial charge in [-0.15, -0.1) is 22.2 Å². The summed E-state index contributed by atoms with van der Waals surface area (Å²) in [6, 6.07) is 0. The van der Waals surface area contributed by atoms with Crippen molar-refractivity contribution in [3.63, 3.8) is 0 Å². The molecule has 0 N–H and O–H groups in total. The van der Waals surface area contributed by atoms with Gasteiger partial charge in [-0.1, -0.05) is 6.92 Å². The summed E-state index contributed by atoms with van der Waals surface area (Å²) < 4.78 is 15.9. The summed E-state index contributed by atoms with van der Waals surface area (Å²) in [5, 5.41) is -0.0525. The Hall–Kier alpha value is 0.894. The average Bonchev–Trinajstić information content (AvgIpc) is 2.07. The third kappa shape index (κ3) is 3.19. The van der Waals surface area contributed by atoms with Crippen LogP contribution in [0.1, 0.15) is 6.92 Å². The lowest BCUT2D eigenvalue weighted by Crippen LogP contribution is -2.52. The second-order valence-electron chi connectivity index (χ2n) is 2.89. The van der Waals surface area contributed by atoms with E-state index in [1.54, 1.807) is 21.3 Å². The van der Waals surface area contributed by atoms with Crippen LogP contribution in [0.3, 0.4) is 0 Å². The fourth-order valence-electron chi connectivity index (χ4n) is 1.09. The van der Waals surface area contributed by atoms with E-state index in [1.807, 2.05) is 13.5 Å². The summed E-state index contributed by atoms with van der Waals surface area (Å²) in [6.07, 6.45) is 0. The predicted octanol–water partition coefficient (Wildman–Crippen LogP) is 2.34. The van der Waals surface area contributed by atoms with E-state index in [0.717, 1.165) is 0 Å². The minimum atomic E-state index is -2.66. The maximum atomic E-state index is 6.10. The third-order valence-electron chi connectivity index (χ3n) is 2.14. The Morgan fingerprint density at radius 1 is 1.00 bits per heavy atom. The Morgan fingerprint density at radius 3 is 1.38 bits per heavy atom. The van der Waals surface area contributed by atoms with Crippen molar-refractivity contribution in [1.29, 1.82) is 0 Å². The second kappa shape index (κ2) is 5.11. The number of hydrogen-bond acceptors (Lipinski definition) is 3. The maximum Gasteiger partial charge on any atom is 0.502 e. The van der Waals surface area contributed by atoms with Gasteiger partial charge >= 0.3 is 8.80 Å². The molecule has 1 unspecified atom stereocenters. The molecule has 0 aliphatic heterocycles. The summed E-state index contributed by atoms with van der Waals surface area (Å²) in [5.41, 5.74) is 0. The van der Waals surface area contributed by atoms with Crippen molar-refractivity contribution < 1.29 is 13.3 Å². The van der Waals surface area contributed by atoms with E-state index in [0.29, 0.717) is 0 Å². The molecule has 0 aliphatic carbocycles. The topological polar surface area (TPSA) is 27.7 Å². The Bertz CT molecular complexity index is 150. The summed E-state index contributed by atoms with van der Waals surface area (Å²) in [7, 11) is 2.02. The van der Waals surface area contributed by atoms with Crippen LogP contribution in [0, 0.1) is 0 Å². The van der Waals surface area contributed by atoms with Crippen molar-refractivity contribution in [3.8, 4) is 0 Å². The fourth-order valence-corrected chi connectivity index (χ4v) is 8.60. The van der Waals surface area contributed by atoms with Crippen LogP contribution in [0.5, 0.6) is 0 Å². The minimum absolute atomic E-state index is 0.0525. The highest BCUT2D eigenvalue weighted by Crippen LogP contribution is 2.37.